The molecule has 0 spiro atoms. The number of halogens is 3. The number of rotatable bonds is 2. The molecule has 0 radical (unpaired) electrons. The van der Waals surface area contributed by atoms with Gasteiger partial charge in [-0.3, -0.25) is 9.36 Å². The normalized spacial score (nSPS) is 11.3. The van der Waals surface area contributed by atoms with E-state index in [1.807, 2.05) is 0 Å². The number of carboxylic acids is 1. The number of carbonyl (C=O) groups is 1. The molecule has 0 bridgehead atoms. The van der Waals surface area contributed by atoms with Crippen molar-refractivity contribution in [2.24, 2.45) is 0 Å². The fourth-order valence-corrected chi connectivity index (χ4v) is 1.51. The number of aromatic carboxylic acids is 1. The summed E-state index contributed by atoms with van der Waals surface area (Å²) < 4.78 is 38.0. The molecule has 5 nitrogen and oxygen atoms in total. The van der Waals surface area contributed by atoms with E-state index in [0.29, 0.717) is 6.07 Å². The number of hydrogen-bond donors (Lipinski definition) is 1. The summed E-state index contributed by atoms with van der Waals surface area (Å²) >= 11 is 0. The standard InChI is InChI=1S/C12H7F3N2O3/c13-12(14,15)9-5-10(18)17(6-16-9)8-3-1-7(2-4-8)11(19)20/h1-6H,(H,19,20). The zero-order valence-corrected chi connectivity index (χ0v) is 9.76. The molecule has 1 aromatic carbocycles. The molecule has 1 N–H and O–H groups in total. The predicted molar refractivity (Wildman–Crippen MR) is 61.8 cm³/mol. The van der Waals surface area contributed by atoms with Crippen LogP contribution in [-0.2, 0) is 6.18 Å². The number of nitrogens with zero attached hydrogens (tertiary/aromatic N) is 2. The van der Waals surface area contributed by atoms with Gasteiger partial charge in [0.05, 0.1) is 11.3 Å². The Labute approximate surface area is 109 Å². The zero-order valence-electron chi connectivity index (χ0n) is 9.76. The largest absolute Gasteiger partial charge is 0.478 e. The molecule has 2 aromatic rings. The first-order valence-corrected chi connectivity index (χ1v) is 5.28. The van der Waals surface area contributed by atoms with E-state index in [1.165, 1.54) is 24.3 Å². The van der Waals surface area contributed by atoms with Crippen molar-refractivity contribution in [3.05, 3.63) is 58.3 Å². The molecule has 20 heavy (non-hydrogen) atoms. The Bertz CT molecular complexity index is 705. The summed E-state index contributed by atoms with van der Waals surface area (Å²) in [7, 11) is 0. The van der Waals surface area contributed by atoms with E-state index in [1.54, 1.807) is 0 Å². The van der Waals surface area contributed by atoms with Gasteiger partial charge < -0.3 is 5.11 Å². The first-order valence-electron chi connectivity index (χ1n) is 5.28. The third-order valence-electron chi connectivity index (χ3n) is 2.49. The van der Waals surface area contributed by atoms with Gasteiger partial charge in [0.1, 0.15) is 6.33 Å². The van der Waals surface area contributed by atoms with Crippen molar-refractivity contribution in [1.29, 1.82) is 0 Å². The summed E-state index contributed by atoms with van der Waals surface area (Å²) in [5, 5.41) is 8.72. The summed E-state index contributed by atoms with van der Waals surface area (Å²) in [5.74, 6) is -1.14. The fraction of sp³-hybridized carbons (Fsp3) is 0.0833. The van der Waals surface area contributed by atoms with Crippen LogP contribution in [0.15, 0.2) is 41.5 Å². The van der Waals surface area contributed by atoms with Crippen molar-refractivity contribution in [2.75, 3.05) is 0 Å². The fourth-order valence-electron chi connectivity index (χ4n) is 1.51. The molecule has 0 aliphatic rings. The van der Waals surface area contributed by atoms with Crippen molar-refractivity contribution in [1.82, 2.24) is 9.55 Å². The molecule has 0 aliphatic carbocycles. The van der Waals surface area contributed by atoms with Crippen LogP contribution in [0.1, 0.15) is 16.1 Å². The van der Waals surface area contributed by atoms with E-state index in [4.69, 9.17) is 5.11 Å². The first kappa shape index (κ1) is 13.8. The van der Waals surface area contributed by atoms with Crippen LogP contribution in [0.3, 0.4) is 0 Å². The van der Waals surface area contributed by atoms with E-state index >= 15 is 0 Å². The molecule has 0 amide bonds. The van der Waals surface area contributed by atoms with Crippen LogP contribution in [0.4, 0.5) is 13.2 Å². The van der Waals surface area contributed by atoms with Crippen molar-refractivity contribution in [2.45, 2.75) is 6.18 Å². The first-order chi connectivity index (χ1) is 9.29. The lowest BCUT2D eigenvalue weighted by Crippen LogP contribution is -2.22. The molecule has 0 aliphatic heterocycles. The molecule has 0 atom stereocenters. The highest BCUT2D eigenvalue weighted by Crippen LogP contribution is 2.26. The van der Waals surface area contributed by atoms with Gasteiger partial charge in [-0.25, -0.2) is 9.78 Å². The maximum absolute atomic E-state index is 12.4. The smallest absolute Gasteiger partial charge is 0.433 e. The minimum absolute atomic E-state index is 0.00155. The monoisotopic (exact) mass is 284 g/mol. The number of aromatic nitrogens is 2. The summed E-state index contributed by atoms with van der Waals surface area (Å²) in [6, 6.07) is 5.47. The van der Waals surface area contributed by atoms with E-state index < -0.39 is 23.4 Å². The van der Waals surface area contributed by atoms with Gasteiger partial charge in [-0.2, -0.15) is 13.2 Å². The van der Waals surface area contributed by atoms with Crippen molar-refractivity contribution in [3.63, 3.8) is 0 Å². The van der Waals surface area contributed by atoms with Crippen LogP contribution in [0.25, 0.3) is 5.69 Å². The van der Waals surface area contributed by atoms with E-state index in [0.717, 1.165) is 10.9 Å². The van der Waals surface area contributed by atoms with Gasteiger partial charge in [-0.1, -0.05) is 0 Å². The van der Waals surface area contributed by atoms with Crippen LogP contribution in [0.2, 0.25) is 0 Å². The van der Waals surface area contributed by atoms with E-state index in [-0.39, 0.29) is 11.3 Å². The Morgan fingerprint density at radius 2 is 1.80 bits per heavy atom. The Morgan fingerprint density at radius 1 is 1.20 bits per heavy atom. The molecule has 1 aromatic heterocycles. The molecule has 0 unspecified atom stereocenters. The SMILES string of the molecule is O=C(O)c1ccc(-n2cnc(C(F)(F)F)cc2=O)cc1. The lowest BCUT2D eigenvalue weighted by atomic mass is 10.2. The Kier molecular flexibility index (Phi) is 3.31. The highest BCUT2D eigenvalue weighted by molar-refractivity contribution is 5.87. The highest BCUT2D eigenvalue weighted by Gasteiger charge is 2.33. The van der Waals surface area contributed by atoms with Crippen molar-refractivity contribution < 1.29 is 23.1 Å². The lowest BCUT2D eigenvalue weighted by molar-refractivity contribution is -0.141. The second kappa shape index (κ2) is 4.80. The lowest BCUT2D eigenvalue weighted by Gasteiger charge is -2.08. The average Bonchev–Trinajstić information content (AvgIpc) is 2.37. The molecule has 1 heterocycles. The number of hydrogen-bond acceptors (Lipinski definition) is 3. The minimum atomic E-state index is -4.69. The Balaban J connectivity index is 2.44. The second-order valence-corrected chi connectivity index (χ2v) is 3.83. The van der Waals surface area contributed by atoms with E-state index in [2.05, 4.69) is 4.98 Å². The zero-order chi connectivity index (χ0) is 14.9. The highest BCUT2D eigenvalue weighted by atomic mass is 19.4. The molecular formula is C12H7F3N2O3. The van der Waals surface area contributed by atoms with Crippen molar-refractivity contribution in [3.8, 4) is 5.69 Å². The van der Waals surface area contributed by atoms with Crippen molar-refractivity contribution >= 4 is 5.97 Å². The van der Waals surface area contributed by atoms with Gasteiger partial charge in [0.15, 0.2) is 5.69 Å². The maximum atomic E-state index is 12.4. The third kappa shape index (κ3) is 2.68. The van der Waals surface area contributed by atoms with Crippen LogP contribution in [0, 0.1) is 0 Å². The molecule has 0 saturated carbocycles. The predicted octanol–water partition coefficient (Wildman–Crippen LogP) is 1.95. The van der Waals surface area contributed by atoms with Crippen LogP contribution < -0.4 is 5.56 Å². The van der Waals surface area contributed by atoms with Gasteiger partial charge in [0, 0.05) is 6.07 Å². The molecular weight excluding hydrogens is 277 g/mol. The van der Waals surface area contributed by atoms with Gasteiger partial charge >= 0.3 is 12.1 Å². The molecule has 8 heteroatoms. The minimum Gasteiger partial charge on any atom is -0.478 e. The summed E-state index contributed by atoms with van der Waals surface area (Å²) in [6.07, 6.45) is -3.94. The maximum Gasteiger partial charge on any atom is 0.433 e. The number of benzene rings is 1. The van der Waals surface area contributed by atoms with Crippen LogP contribution >= 0.6 is 0 Å². The second-order valence-electron chi connectivity index (χ2n) is 3.83. The molecule has 0 saturated heterocycles. The van der Waals surface area contributed by atoms with Crippen LogP contribution in [-0.4, -0.2) is 20.6 Å². The quantitative estimate of drug-likeness (QED) is 0.914. The summed E-state index contributed by atoms with van der Waals surface area (Å²) in [5.41, 5.74) is -1.96. The summed E-state index contributed by atoms with van der Waals surface area (Å²) in [4.78, 5) is 25.4. The molecule has 104 valence electrons. The molecule has 0 fully saturated rings. The Morgan fingerprint density at radius 3 is 2.25 bits per heavy atom. The van der Waals surface area contributed by atoms with Gasteiger partial charge in [0.25, 0.3) is 5.56 Å². The van der Waals surface area contributed by atoms with E-state index in [9.17, 15) is 22.8 Å². The number of carboxylic acid groups (broad SMARTS) is 1. The van der Waals surface area contributed by atoms with Crippen LogP contribution in [0.5, 0.6) is 0 Å². The van der Waals surface area contributed by atoms with Gasteiger partial charge in [-0.05, 0) is 24.3 Å². The van der Waals surface area contributed by atoms with Gasteiger partial charge in [0.2, 0.25) is 0 Å². The average molecular weight is 284 g/mol. The number of alkyl halides is 3. The summed E-state index contributed by atoms with van der Waals surface area (Å²) in [6.45, 7) is 0. The molecule has 2 rings (SSSR count). The topological polar surface area (TPSA) is 72.2 Å². The third-order valence-corrected chi connectivity index (χ3v) is 2.49. The Hall–Kier alpha value is -2.64. The van der Waals surface area contributed by atoms with Gasteiger partial charge in [-0.15, -0.1) is 0 Å².